The molecule has 0 spiro atoms. The van der Waals surface area contributed by atoms with Gasteiger partial charge in [-0.25, -0.2) is 9.59 Å². The number of rotatable bonds is 6. The van der Waals surface area contributed by atoms with E-state index in [0.717, 1.165) is 29.4 Å². The number of hydrogen-bond donors (Lipinski definition) is 2. The molecule has 0 radical (unpaired) electrons. The van der Waals surface area contributed by atoms with Crippen molar-refractivity contribution in [1.82, 2.24) is 9.55 Å². The van der Waals surface area contributed by atoms with Crippen LogP contribution in [0.1, 0.15) is 57.8 Å². The van der Waals surface area contributed by atoms with E-state index >= 15 is 0 Å². The summed E-state index contributed by atoms with van der Waals surface area (Å²) in [5, 5.41) is 1.76. The van der Waals surface area contributed by atoms with Gasteiger partial charge in [0, 0.05) is 16.8 Å². The van der Waals surface area contributed by atoms with Gasteiger partial charge in [-0.3, -0.25) is 19.1 Å². The summed E-state index contributed by atoms with van der Waals surface area (Å²) in [7, 11) is 0. The number of nitrogens with one attached hydrogen (secondary N) is 1. The highest BCUT2D eigenvalue weighted by Crippen LogP contribution is 2.33. The summed E-state index contributed by atoms with van der Waals surface area (Å²) in [4.78, 5) is 52.1. The molecule has 1 aliphatic carbocycles. The maximum atomic E-state index is 12.5. The van der Waals surface area contributed by atoms with Crippen molar-refractivity contribution in [1.29, 1.82) is 0 Å². The number of ketones is 1. The monoisotopic (exact) mass is 405 g/mol. The lowest BCUT2D eigenvalue weighted by Gasteiger charge is -2.18. The van der Waals surface area contributed by atoms with Crippen LogP contribution in [0.3, 0.4) is 0 Å². The van der Waals surface area contributed by atoms with Crippen molar-refractivity contribution in [2.45, 2.75) is 46.1 Å². The van der Waals surface area contributed by atoms with E-state index in [1.807, 2.05) is 6.92 Å². The number of nitrogen functional groups attached to an aromatic ring is 1. The number of anilines is 1. The molecule has 0 unspecified atom stereocenters. The highest BCUT2D eigenvalue weighted by atomic mass is 32.1. The molecule has 0 bridgehead atoms. The van der Waals surface area contributed by atoms with Gasteiger partial charge in [0.2, 0.25) is 5.78 Å². The predicted octanol–water partition coefficient (Wildman–Crippen LogP) is 1.75. The van der Waals surface area contributed by atoms with Gasteiger partial charge in [-0.2, -0.15) is 0 Å². The van der Waals surface area contributed by atoms with Crippen LogP contribution < -0.4 is 17.0 Å². The Balaban J connectivity index is 1.76. The second-order valence-corrected chi connectivity index (χ2v) is 8.03. The summed E-state index contributed by atoms with van der Waals surface area (Å²) in [6.07, 6.45) is 3.36. The minimum atomic E-state index is -0.877. The number of H-pyrrole nitrogens is 1. The number of hydrogen-bond acceptors (Lipinski definition) is 7. The molecule has 2 heterocycles. The Morgan fingerprint density at radius 3 is 2.86 bits per heavy atom. The van der Waals surface area contributed by atoms with Crippen LogP contribution in [0, 0.1) is 5.92 Å². The van der Waals surface area contributed by atoms with Gasteiger partial charge < -0.3 is 10.5 Å². The first-order chi connectivity index (χ1) is 13.3. The van der Waals surface area contributed by atoms with Gasteiger partial charge >= 0.3 is 11.7 Å². The third kappa shape index (κ3) is 3.80. The standard InChI is InChI=1S/C19H23N3O5S/c1-3-6-22-16(20)15(17(24)21-19(22)26)13(23)8-27-18(25)12-9-28-14-7-10(2)4-5-11(12)14/h9-10H,3-8,20H2,1-2H3,(H,21,24,26)/t10-/m0/s1. The number of esters is 1. The van der Waals surface area contributed by atoms with Crippen molar-refractivity contribution >= 4 is 28.9 Å². The van der Waals surface area contributed by atoms with Gasteiger partial charge in [0.15, 0.2) is 6.61 Å². The minimum Gasteiger partial charge on any atom is -0.454 e. The first kappa shape index (κ1) is 20.1. The highest BCUT2D eigenvalue weighted by molar-refractivity contribution is 7.10. The molecule has 0 aromatic carbocycles. The Hall–Kier alpha value is -2.68. The fourth-order valence-corrected chi connectivity index (χ4v) is 4.67. The fourth-order valence-electron chi connectivity index (χ4n) is 3.43. The van der Waals surface area contributed by atoms with Gasteiger partial charge in [-0.05, 0) is 37.2 Å². The summed E-state index contributed by atoms with van der Waals surface area (Å²) in [5.74, 6) is -0.949. The quantitative estimate of drug-likeness (QED) is 0.557. The molecule has 9 heteroatoms. The third-order valence-electron chi connectivity index (χ3n) is 4.92. The van der Waals surface area contributed by atoms with E-state index in [2.05, 4.69) is 11.9 Å². The number of ether oxygens (including phenoxy) is 1. The number of nitrogens with two attached hydrogens (primary N) is 1. The zero-order chi connectivity index (χ0) is 20.4. The Morgan fingerprint density at radius 2 is 2.14 bits per heavy atom. The molecule has 0 aliphatic heterocycles. The smallest absolute Gasteiger partial charge is 0.339 e. The Morgan fingerprint density at radius 1 is 1.39 bits per heavy atom. The molecule has 0 saturated heterocycles. The molecule has 0 saturated carbocycles. The van der Waals surface area contributed by atoms with E-state index < -0.39 is 29.6 Å². The average molecular weight is 405 g/mol. The van der Waals surface area contributed by atoms with Crippen LogP contribution in [0.25, 0.3) is 0 Å². The minimum absolute atomic E-state index is 0.210. The normalized spacial score (nSPS) is 15.9. The second-order valence-electron chi connectivity index (χ2n) is 7.07. The summed E-state index contributed by atoms with van der Waals surface area (Å²) in [5.41, 5.74) is 5.43. The number of aromatic nitrogens is 2. The highest BCUT2D eigenvalue weighted by Gasteiger charge is 2.25. The lowest BCUT2D eigenvalue weighted by molar-refractivity contribution is 0.0473. The number of carbonyl (C=O) groups excluding carboxylic acids is 2. The number of aromatic amines is 1. The third-order valence-corrected chi connectivity index (χ3v) is 5.97. The van der Waals surface area contributed by atoms with Crippen LogP contribution >= 0.6 is 11.3 Å². The van der Waals surface area contributed by atoms with E-state index in [1.165, 1.54) is 16.2 Å². The molecule has 1 atom stereocenters. The van der Waals surface area contributed by atoms with Crippen molar-refractivity contribution in [3.8, 4) is 0 Å². The van der Waals surface area contributed by atoms with E-state index in [0.29, 0.717) is 17.9 Å². The molecular formula is C19H23N3O5S. The summed E-state index contributed by atoms with van der Waals surface area (Å²) in [6, 6.07) is 0. The zero-order valence-corrected chi connectivity index (χ0v) is 16.7. The van der Waals surface area contributed by atoms with Crippen LogP contribution in [0.4, 0.5) is 5.82 Å². The molecule has 0 fully saturated rings. The van der Waals surface area contributed by atoms with Crippen LogP contribution in [-0.4, -0.2) is 27.9 Å². The van der Waals surface area contributed by atoms with Crippen LogP contribution in [0.2, 0.25) is 0 Å². The van der Waals surface area contributed by atoms with Crippen LogP contribution in [0.15, 0.2) is 15.0 Å². The Labute approximate surface area is 165 Å². The van der Waals surface area contributed by atoms with E-state index in [-0.39, 0.29) is 17.9 Å². The molecule has 0 amide bonds. The molecule has 28 heavy (non-hydrogen) atoms. The largest absolute Gasteiger partial charge is 0.454 e. The SMILES string of the molecule is CCCn1c(N)c(C(=O)COC(=O)c2csc3c2CC[C@H](C)C3)c(=O)[nH]c1=O. The fraction of sp³-hybridized carbons (Fsp3) is 0.474. The number of Topliss-reactive ketones (excluding diaryl/α,β-unsaturated/α-hetero) is 1. The zero-order valence-electron chi connectivity index (χ0n) is 15.9. The van der Waals surface area contributed by atoms with Crippen LogP contribution in [-0.2, 0) is 24.1 Å². The number of fused-ring (bicyclic) bond motifs is 1. The van der Waals surface area contributed by atoms with Crippen molar-refractivity contribution in [2.75, 3.05) is 12.3 Å². The summed E-state index contributed by atoms with van der Waals surface area (Å²) >= 11 is 1.53. The molecule has 2 aromatic heterocycles. The van der Waals surface area contributed by atoms with E-state index in [1.54, 1.807) is 5.38 Å². The molecule has 2 aromatic rings. The maximum absolute atomic E-state index is 12.5. The van der Waals surface area contributed by atoms with Crippen molar-refractivity contribution in [3.05, 3.63) is 47.8 Å². The number of nitrogens with zero attached hydrogens (tertiary/aromatic N) is 1. The lowest BCUT2D eigenvalue weighted by atomic mass is 9.88. The van der Waals surface area contributed by atoms with Crippen molar-refractivity contribution < 1.29 is 14.3 Å². The van der Waals surface area contributed by atoms with Gasteiger partial charge in [0.1, 0.15) is 11.4 Å². The maximum Gasteiger partial charge on any atom is 0.339 e. The molecule has 1 aliphatic rings. The number of thiophene rings is 1. The Bertz CT molecular complexity index is 1030. The summed E-state index contributed by atoms with van der Waals surface area (Å²) < 4.78 is 6.29. The van der Waals surface area contributed by atoms with Gasteiger partial charge in [-0.15, -0.1) is 11.3 Å². The van der Waals surface area contributed by atoms with Gasteiger partial charge in [0.05, 0.1) is 5.56 Å². The molecule has 3 rings (SSSR count). The first-order valence-electron chi connectivity index (χ1n) is 9.25. The lowest BCUT2D eigenvalue weighted by Crippen LogP contribution is -2.37. The average Bonchev–Trinajstić information content (AvgIpc) is 3.06. The second kappa shape index (κ2) is 8.14. The topological polar surface area (TPSA) is 124 Å². The van der Waals surface area contributed by atoms with Crippen molar-refractivity contribution in [3.63, 3.8) is 0 Å². The number of carbonyl (C=O) groups is 2. The molecule has 150 valence electrons. The van der Waals surface area contributed by atoms with Crippen molar-refractivity contribution in [2.24, 2.45) is 5.92 Å². The first-order valence-corrected chi connectivity index (χ1v) is 10.1. The van der Waals surface area contributed by atoms with Gasteiger partial charge in [-0.1, -0.05) is 13.8 Å². The predicted molar refractivity (Wildman–Crippen MR) is 106 cm³/mol. The molecule has 3 N–H and O–H groups in total. The van der Waals surface area contributed by atoms with Crippen LogP contribution in [0.5, 0.6) is 0 Å². The molecule has 8 nitrogen and oxygen atoms in total. The Kier molecular flexibility index (Phi) is 5.83. The van der Waals surface area contributed by atoms with E-state index in [4.69, 9.17) is 10.5 Å². The molecular weight excluding hydrogens is 382 g/mol. The van der Waals surface area contributed by atoms with Gasteiger partial charge in [0.25, 0.3) is 5.56 Å². The summed E-state index contributed by atoms with van der Waals surface area (Å²) in [6.45, 7) is 3.67. The van der Waals surface area contributed by atoms with E-state index in [9.17, 15) is 19.2 Å².